The standard InChI is InChI=1S/C33H30FN6O5.K/c34-24-12-16-26(17-13-24)36-32(43)40(20-30-37-27-8-4-5-9-28(27)38-30)19-22-10-14-25(15-11-22)35-18-29(31(41)42)39-33(44)45-21-23-6-2-1-3-7-23;/h1-17,29H,18-21H2,(H,36,43)(H,37,38)(H,39,44)(H,41,42);/q-1;+1/t29-;/m0./s1. The molecule has 13 heteroatoms. The van der Waals surface area contributed by atoms with Crippen LogP contribution in [0.25, 0.3) is 16.4 Å². The predicted molar refractivity (Wildman–Crippen MR) is 166 cm³/mol. The van der Waals surface area contributed by atoms with Crippen molar-refractivity contribution in [3.63, 3.8) is 0 Å². The number of carbonyl (C=O) groups excluding carboxylic acids is 2. The SMILES string of the molecule is O=C(N[C@@H](C[N-]c1ccc(CN(Cc2nc3ccccc3[nH]2)C(=O)Nc2ccc(F)cc2)cc1)C(=O)O)OCc1ccccc1.[K+]. The zero-order valence-corrected chi connectivity index (χ0v) is 28.1. The van der Waals surface area contributed by atoms with Crippen LogP contribution in [0.5, 0.6) is 0 Å². The first-order valence-corrected chi connectivity index (χ1v) is 14.0. The van der Waals surface area contributed by atoms with E-state index in [0.717, 1.165) is 22.2 Å². The number of amides is 3. The zero-order chi connectivity index (χ0) is 31.6. The maximum absolute atomic E-state index is 13.4. The van der Waals surface area contributed by atoms with Gasteiger partial charge in [-0.1, -0.05) is 73.3 Å². The second-order valence-electron chi connectivity index (χ2n) is 10.1. The number of carboxylic acid groups (broad SMARTS) is 1. The summed E-state index contributed by atoms with van der Waals surface area (Å²) in [5, 5.41) is 19.0. The molecule has 0 saturated heterocycles. The van der Waals surface area contributed by atoms with Crippen molar-refractivity contribution in [3.8, 4) is 0 Å². The molecule has 0 aliphatic rings. The van der Waals surface area contributed by atoms with Crippen molar-refractivity contribution in [1.29, 1.82) is 0 Å². The van der Waals surface area contributed by atoms with E-state index in [2.05, 4.69) is 25.9 Å². The quantitative estimate of drug-likeness (QED) is 0.153. The second-order valence-corrected chi connectivity index (χ2v) is 10.1. The van der Waals surface area contributed by atoms with Gasteiger partial charge in [-0.3, -0.25) is 4.79 Å². The molecule has 0 spiro atoms. The van der Waals surface area contributed by atoms with Crippen molar-refractivity contribution >= 4 is 40.5 Å². The number of para-hydroxylation sites is 2. The van der Waals surface area contributed by atoms with E-state index in [1.54, 1.807) is 41.3 Å². The number of aromatic amines is 1. The minimum absolute atomic E-state index is 0. The third-order valence-corrected chi connectivity index (χ3v) is 6.73. The first-order valence-electron chi connectivity index (χ1n) is 14.0. The summed E-state index contributed by atoms with van der Waals surface area (Å²) in [6.45, 7) is 0.164. The van der Waals surface area contributed by atoms with Gasteiger partial charge in [0.25, 0.3) is 0 Å². The Morgan fingerprint density at radius 1 is 0.891 bits per heavy atom. The molecule has 0 aliphatic heterocycles. The number of H-pyrrole nitrogens is 1. The summed E-state index contributed by atoms with van der Waals surface area (Å²) >= 11 is 0. The summed E-state index contributed by atoms with van der Waals surface area (Å²) in [4.78, 5) is 46.6. The van der Waals surface area contributed by atoms with Crippen molar-refractivity contribution in [3.05, 3.63) is 131 Å². The van der Waals surface area contributed by atoms with Gasteiger partial charge in [0.2, 0.25) is 0 Å². The van der Waals surface area contributed by atoms with Gasteiger partial charge in [0.15, 0.2) is 0 Å². The van der Waals surface area contributed by atoms with Crippen LogP contribution in [0.2, 0.25) is 0 Å². The van der Waals surface area contributed by atoms with E-state index in [-0.39, 0.29) is 77.6 Å². The summed E-state index contributed by atoms with van der Waals surface area (Å²) in [5.41, 5.74) is 4.09. The van der Waals surface area contributed by atoms with Crippen LogP contribution in [0.4, 0.5) is 25.4 Å². The van der Waals surface area contributed by atoms with E-state index < -0.39 is 30.0 Å². The molecule has 0 radical (unpaired) electrons. The summed E-state index contributed by atoms with van der Waals surface area (Å²) in [6, 6.07) is 27.3. The molecule has 230 valence electrons. The number of ether oxygens (including phenoxy) is 1. The first-order chi connectivity index (χ1) is 21.8. The molecule has 0 bridgehead atoms. The third kappa shape index (κ3) is 10.1. The first kappa shape index (κ1) is 34.6. The van der Waals surface area contributed by atoms with E-state index in [1.807, 2.05) is 42.5 Å². The molecular weight excluding hydrogens is 618 g/mol. The van der Waals surface area contributed by atoms with Gasteiger partial charge in [-0.15, -0.1) is 5.69 Å². The minimum atomic E-state index is -1.29. The van der Waals surface area contributed by atoms with Crippen molar-refractivity contribution in [2.75, 3.05) is 11.9 Å². The molecule has 11 nitrogen and oxygen atoms in total. The number of carboxylic acids is 1. The third-order valence-electron chi connectivity index (χ3n) is 6.73. The van der Waals surface area contributed by atoms with Crippen LogP contribution in [0.1, 0.15) is 17.0 Å². The van der Waals surface area contributed by atoms with Crippen LogP contribution < -0.4 is 62.0 Å². The summed E-state index contributed by atoms with van der Waals surface area (Å²) in [6.07, 6.45) is -0.861. The van der Waals surface area contributed by atoms with E-state index in [4.69, 9.17) is 4.74 Å². The molecule has 3 amide bonds. The molecule has 1 atom stereocenters. The van der Waals surface area contributed by atoms with E-state index in [0.29, 0.717) is 17.2 Å². The number of halogens is 1. The van der Waals surface area contributed by atoms with Crippen LogP contribution in [0.3, 0.4) is 0 Å². The Hall–Kier alpha value is -4.27. The maximum Gasteiger partial charge on any atom is 1.00 e. The largest absolute Gasteiger partial charge is 1.00 e. The van der Waals surface area contributed by atoms with Gasteiger partial charge >= 0.3 is 69.5 Å². The number of fused-ring (bicyclic) bond motifs is 1. The Labute approximate surface area is 307 Å². The van der Waals surface area contributed by atoms with E-state index in [1.165, 1.54) is 24.3 Å². The number of benzene rings is 4. The molecule has 0 saturated carbocycles. The molecule has 0 unspecified atom stereocenters. The number of hydrogen-bond acceptors (Lipinski definition) is 5. The molecule has 1 heterocycles. The number of aliphatic carboxylic acids is 1. The number of alkyl carbamates (subject to hydrolysis) is 1. The maximum atomic E-state index is 13.4. The zero-order valence-electron chi connectivity index (χ0n) is 25.0. The van der Waals surface area contributed by atoms with Gasteiger partial charge in [-0.25, -0.2) is 19.0 Å². The molecule has 0 aliphatic carbocycles. The second kappa shape index (κ2) is 16.9. The summed E-state index contributed by atoms with van der Waals surface area (Å²) < 4.78 is 18.5. The van der Waals surface area contributed by atoms with Gasteiger partial charge in [0.05, 0.1) is 17.6 Å². The predicted octanol–water partition coefficient (Wildman–Crippen LogP) is 3.33. The van der Waals surface area contributed by atoms with Crippen molar-refractivity contribution in [2.45, 2.75) is 25.7 Å². The number of anilines is 1. The number of aromatic nitrogens is 2. The molecule has 1 aromatic heterocycles. The summed E-state index contributed by atoms with van der Waals surface area (Å²) in [7, 11) is 0. The summed E-state index contributed by atoms with van der Waals surface area (Å²) in [5.74, 6) is -1.07. The Morgan fingerprint density at radius 2 is 1.59 bits per heavy atom. The van der Waals surface area contributed by atoms with Crippen LogP contribution in [0, 0.1) is 5.82 Å². The number of carbonyl (C=O) groups is 3. The normalized spacial score (nSPS) is 11.2. The van der Waals surface area contributed by atoms with Crippen molar-refractivity contribution < 1.29 is 80.0 Å². The topological polar surface area (TPSA) is 151 Å². The fourth-order valence-electron chi connectivity index (χ4n) is 4.41. The van der Waals surface area contributed by atoms with Crippen molar-refractivity contribution in [1.82, 2.24) is 20.2 Å². The Kier molecular flexibility index (Phi) is 12.7. The monoisotopic (exact) mass is 648 g/mol. The average molecular weight is 649 g/mol. The number of nitrogens with one attached hydrogen (secondary N) is 3. The molecule has 4 N–H and O–H groups in total. The van der Waals surface area contributed by atoms with E-state index in [9.17, 15) is 23.9 Å². The van der Waals surface area contributed by atoms with Crippen LogP contribution in [0.15, 0.2) is 103 Å². The van der Waals surface area contributed by atoms with Crippen molar-refractivity contribution in [2.24, 2.45) is 0 Å². The number of hydrogen-bond donors (Lipinski definition) is 4. The molecule has 46 heavy (non-hydrogen) atoms. The fraction of sp³-hybridized carbons (Fsp3) is 0.152. The minimum Gasteiger partial charge on any atom is -0.682 e. The van der Waals surface area contributed by atoms with Gasteiger partial charge in [-0.05, 0) is 47.5 Å². The van der Waals surface area contributed by atoms with Crippen LogP contribution >= 0.6 is 0 Å². The van der Waals surface area contributed by atoms with Crippen LogP contribution in [-0.4, -0.2) is 50.7 Å². The molecule has 5 rings (SSSR count). The molecule has 0 fully saturated rings. The Bertz CT molecular complexity index is 1720. The van der Waals surface area contributed by atoms with Gasteiger partial charge in [0.1, 0.15) is 24.3 Å². The van der Waals surface area contributed by atoms with Crippen LogP contribution in [-0.2, 0) is 29.2 Å². The number of urea groups is 1. The van der Waals surface area contributed by atoms with Gasteiger partial charge in [-0.2, -0.15) is 0 Å². The Morgan fingerprint density at radius 3 is 2.28 bits per heavy atom. The van der Waals surface area contributed by atoms with E-state index >= 15 is 0 Å². The molecule has 5 aromatic rings. The number of imidazole rings is 1. The van der Waals surface area contributed by atoms with Gasteiger partial charge in [0, 0.05) is 12.2 Å². The smallest absolute Gasteiger partial charge is 0.682 e. The number of rotatable bonds is 12. The Balaban J connectivity index is 0.00000480. The number of nitrogens with zero attached hydrogens (tertiary/aromatic N) is 3. The van der Waals surface area contributed by atoms with Gasteiger partial charge < -0.3 is 35.7 Å². The fourth-order valence-corrected chi connectivity index (χ4v) is 4.41. The molecule has 4 aromatic carbocycles. The molecular formula is C33H30FKN6O5. The average Bonchev–Trinajstić information content (AvgIpc) is 3.46.